The molecule has 0 aromatic carbocycles. The number of hydrogen-bond donors (Lipinski definition) is 3. The van der Waals surface area contributed by atoms with Crippen LogP contribution in [-0.2, 0) is 11.2 Å². The summed E-state index contributed by atoms with van der Waals surface area (Å²) in [6, 6.07) is 2.22. The van der Waals surface area contributed by atoms with Gasteiger partial charge in [0.2, 0.25) is 0 Å². The molecule has 0 fully saturated rings. The fraction of sp³-hybridized carbons (Fsp3) is 0.600. The van der Waals surface area contributed by atoms with E-state index in [-0.39, 0.29) is 6.04 Å². The summed E-state index contributed by atoms with van der Waals surface area (Å²) < 4.78 is 5.22. The molecule has 6 nitrogen and oxygen atoms in total. The number of nitrogens with one attached hydrogen (secondary N) is 2. The van der Waals surface area contributed by atoms with Crippen molar-refractivity contribution >= 4 is 12.0 Å². The van der Waals surface area contributed by atoms with Gasteiger partial charge in [0.05, 0.1) is 6.26 Å². The molecule has 0 spiro atoms. The van der Waals surface area contributed by atoms with Gasteiger partial charge in [0.15, 0.2) is 0 Å². The molecule has 0 bridgehead atoms. The molecule has 0 aliphatic heterocycles. The number of carboxylic acid groups (broad SMARTS) is 1. The van der Waals surface area contributed by atoms with Crippen molar-refractivity contribution in [2.24, 2.45) is 5.41 Å². The number of aliphatic carboxylic acids is 1. The van der Waals surface area contributed by atoms with Crippen molar-refractivity contribution < 1.29 is 19.1 Å². The summed E-state index contributed by atoms with van der Waals surface area (Å²) in [4.78, 5) is 23.1. The topological polar surface area (TPSA) is 91.6 Å². The SMILES string of the molecule is CC(CCc1ccco1)NC(=O)N[C@@H](C(=O)O)C(C)(C)C. The Balaban J connectivity index is 2.42. The highest BCUT2D eigenvalue weighted by Gasteiger charge is 2.32. The molecule has 1 aromatic heterocycles. The minimum Gasteiger partial charge on any atom is -0.480 e. The van der Waals surface area contributed by atoms with Crippen LogP contribution in [0.1, 0.15) is 39.9 Å². The lowest BCUT2D eigenvalue weighted by Crippen LogP contribution is -2.53. The molecule has 0 saturated carbocycles. The average molecular weight is 296 g/mol. The average Bonchev–Trinajstić information content (AvgIpc) is 2.84. The van der Waals surface area contributed by atoms with E-state index in [0.29, 0.717) is 6.42 Å². The monoisotopic (exact) mass is 296 g/mol. The third kappa shape index (κ3) is 5.89. The second-order valence-corrected chi connectivity index (χ2v) is 6.27. The van der Waals surface area contributed by atoms with Crippen LogP contribution in [0.15, 0.2) is 22.8 Å². The van der Waals surface area contributed by atoms with Gasteiger partial charge in [-0.1, -0.05) is 20.8 Å². The van der Waals surface area contributed by atoms with E-state index in [1.165, 1.54) is 0 Å². The van der Waals surface area contributed by atoms with E-state index in [9.17, 15) is 9.59 Å². The molecule has 6 heteroatoms. The Hall–Kier alpha value is -1.98. The third-order valence-electron chi connectivity index (χ3n) is 3.17. The summed E-state index contributed by atoms with van der Waals surface area (Å²) in [6.07, 6.45) is 3.05. The van der Waals surface area contributed by atoms with Crippen molar-refractivity contribution in [2.75, 3.05) is 0 Å². The fourth-order valence-electron chi connectivity index (χ4n) is 1.93. The molecule has 1 aromatic rings. The fourth-order valence-corrected chi connectivity index (χ4v) is 1.93. The number of carbonyl (C=O) groups excluding carboxylic acids is 1. The summed E-state index contributed by atoms with van der Waals surface area (Å²) in [7, 11) is 0. The van der Waals surface area contributed by atoms with Gasteiger partial charge in [-0.25, -0.2) is 9.59 Å². The zero-order valence-electron chi connectivity index (χ0n) is 13.0. The number of carboxylic acids is 1. The Morgan fingerprint density at radius 1 is 1.33 bits per heavy atom. The predicted molar refractivity (Wildman–Crippen MR) is 79.0 cm³/mol. The Morgan fingerprint density at radius 2 is 2.00 bits per heavy atom. The lowest BCUT2D eigenvalue weighted by Gasteiger charge is -2.28. The van der Waals surface area contributed by atoms with Gasteiger partial charge in [0, 0.05) is 12.5 Å². The van der Waals surface area contributed by atoms with Crippen LogP contribution >= 0.6 is 0 Å². The number of amides is 2. The van der Waals surface area contributed by atoms with Crippen LogP contribution in [0.5, 0.6) is 0 Å². The van der Waals surface area contributed by atoms with E-state index in [4.69, 9.17) is 9.52 Å². The van der Waals surface area contributed by atoms with Crippen LogP contribution in [0.4, 0.5) is 4.79 Å². The second-order valence-electron chi connectivity index (χ2n) is 6.27. The summed E-state index contributed by atoms with van der Waals surface area (Å²) >= 11 is 0. The zero-order chi connectivity index (χ0) is 16.0. The number of aryl methyl sites for hydroxylation is 1. The smallest absolute Gasteiger partial charge is 0.326 e. The Bertz CT molecular complexity index is 463. The van der Waals surface area contributed by atoms with Gasteiger partial charge in [0.1, 0.15) is 11.8 Å². The quantitative estimate of drug-likeness (QED) is 0.751. The molecule has 3 N–H and O–H groups in total. The molecule has 0 saturated heterocycles. The highest BCUT2D eigenvalue weighted by atomic mass is 16.4. The van der Waals surface area contributed by atoms with Gasteiger partial charge in [-0.05, 0) is 30.9 Å². The van der Waals surface area contributed by atoms with Crippen molar-refractivity contribution in [3.8, 4) is 0 Å². The molecule has 1 rings (SSSR count). The van der Waals surface area contributed by atoms with Gasteiger partial charge < -0.3 is 20.2 Å². The zero-order valence-corrected chi connectivity index (χ0v) is 13.0. The van der Waals surface area contributed by atoms with Crippen LogP contribution in [0.3, 0.4) is 0 Å². The maximum absolute atomic E-state index is 11.9. The first-order valence-electron chi connectivity index (χ1n) is 7.02. The highest BCUT2D eigenvalue weighted by molar-refractivity contribution is 5.83. The Morgan fingerprint density at radius 3 is 2.48 bits per heavy atom. The van der Waals surface area contributed by atoms with Gasteiger partial charge in [-0.3, -0.25) is 0 Å². The van der Waals surface area contributed by atoms with E-state index in [1.54, 1.807) is 27.0 Å². The lowest BCUT2D eigenvalue weighted by molar-refractivity contribution is -0.141. The van der Waals surface area contributed by atoms with Crippen LogP contribution in [0.25, 0.3) is 0 Å². The minimum atomic E-state index is -1.04. The molecule has 2 atom stereocenters. The Labute approximate surface area is 124 Å². The van der Waals surface area contributed by atoms with Crippen LogP contribution in [-0.4, -0.2) is 29.2 Å². The molecular weight excluding hydrogens is 272 g/mol. The van der Waals surface area contributed by atoms with Crippen molar-refractivity contribution in [1.82, 2.24) is 10.6 Å². The first kappa shape index (κ1) is 17.1. The molecule has 1 unspecified atom stereocenters. The van der Waals surface area contributed by atoms with Gasteiger partial charge in [-0.15, -0.1) is 0 Å². The van der Waals surface area contributed by atoms with E-state index < -0.39 is 23.5 Å². The molecule has 2 amide bonds. The summed E-state index contributed by atoms with van der Waals surface area (Å²) in [5, 5.41) is 14.4. The molecule has 21 heavy (non-hydrogen) atoms. The van der Waals surface area contributed by atoms with Gasteiger partial charge >= 0.3 is 12.0 Å². The van der Waals surface area contributed by atoms with Gasteiger partial charge in [-0.2, -0.15) is 0 Å². The highest BCUT2D eigenvalue weighted by Crippen LogP contribution is 2.19. The molecule has 0 radical (unpaired) electrons. The summed E-state index contributed by atoms with van der Waals surface area (Å²) in [5.74, 6) is -0.178. The van der Waals surface area contributed by atoms with E-state index >= 15 is 0 Å². The summed E-state index contributed by atoms with van der Waals surface area (Å²) in [6.45, 7) is 7.18. The normalized spacial score (nSPS) is 14.3. The van der Waals surface area contributed by atoms with Crippen LogP contribution in [0, 0.1) is 5.41 Å². The lowest BCUT2D eigenvalue weighted by atomic mass is 9.87. The standard InChI is InChI=1S/C15H24N2O4/c1-10(7-8-11-6-5-9-21-11)16-14(20)17-12(13(18)19)15(2,3)4/h5-6,9-10,12H,7-8H2,1-4H3,(H,18,19)(H2,16,17,20)/t10?,12-/m0/s1. The van der Waals surface area contributed by atoms with Crippen molar-refractivity contribution in [2.45, 2.75) is 52.6 Å². The molecular formula is C15H24N2O4. The third-order valence-corrected chi connectivity index (χ3v) is 3.17. The minimum absolute atomic E-state index is 0.0792. The number of furan rings is 1. The number of rotatable bonds is 6. The number of hydrogen-bond acceptors (Lipinski definition) is 3. The molecule has 0 aliphatic carbocycles. The number of urea groups is 1. The number of carbonyl (C=O) groups is 2. The van der Waals surface area contributed by atoms with E-state index in [1.807, 2.05) is 19.1 Å². The molecule has 1 heterocycles. The molecule has 118 valence electrons. The van der Waals surface area contributed by atoms with Crippen molar-refractivity contribution in [3.05, 3.63) is 24.2 Å². The van der Waals surface area contributed by atoms with Gasteiger partial charge in [0.25, 0.3) is 0 Å². The van der Waals surface area contributed by atoms with Crippen molar-refractivity contribution in [3.63, 3.8) is 0 Å². The largest absolute Gasteiger partial charge is 0.480 e. The maximum Gasteiger partial charge on any atom is 0.326 e. The van der Waals surface area contributed by atoms with Crippen LogP contribution in [0.2, 0.25) is 0 Å². The summed E-state index contributed by atoms with van der Waals surface area (Å²) in [5.41, 5.74) is -0.555. The predicted octanol–water partition coefficient (Wildman–Crippen LogP) is 2.40. The Kier molecular flexibility index (Phi) is 5.81. The van der Waals surface area contributed by atoms with E-state index in [0.717, 1.165) is 12.2 Å². The first-order chi connectivity index (χ1) is 9.70. The van der Waals surface area contributed by atoms with E-state index in [2.05, 4.69) is 10.6 Å². The van der Waals surface area contributed by atoms with Crippen LogP contribution < -0.4 is 10.6 Å². The second kappa shape index (κ2) is 7.15. The van der Waals surface area contributed by atoms with Crippen molar-refractivity contribution in [1.29, 1.82) is 0 Å². The maximum atomic E-state index is 11.9. The molecule has 0 aliphatic rings. The first-order valence-corrected chi connectivity index (χ1v) is 7.02.